The van der Waals surface area contributed by atoms with E-state index < -0.39 is 0 Å². The minimum Gasteiger partial charge on any atom is -0.379 e. The van der Waals surface area contributed by atoms with Gasteiger partial charge >= 0.3 is 0 Å². The van der Waals surface area contributed by atoms with Crippen LogP contribution in [0, 0.1) is 5.92 Å². The summed E-state index contributed by atoms with van der Waals surface area (Å²) in [6.07, 6.45) is 2.68. The first kappa shape index (κ1) is 14.0. The minimum absolute atomic E-state index is 0.452. The predicted octanol–water partition coefficient (Wildman–Crippen LogP) is 3.94. The summed E-state index contributed by atoms with van der Waals surface area (Å²) < 4.78 is 5.63. The topological polar surface area (TPSA) is 12.5 Å². The maximum Gasteiger partial charge on any atom is 0.0641 e. The molecule has 0 aromatic heterocycles. The van der Waals surface area contributed by atoms with Crippen LogP contribution in [0.2, 0.25) is 5.02 Å². The average Bonchev–Trinajstić information content (AvgIpc) is 3.18. The Balaban J connectivity index is 1.79. The molecule has 18 heavy (non-hydrogen) atoms. The third-order valence-corrected chi connectivity index (χ3v) is 3.88. The Bertz CT molecular complexity index is 393. The van der Waals surface area contributed by atoms with Gasteiger partial charge in [-0.2, -0.15) is 0 Å². The first-order valence-corrected chi connectivity index (χ1v) is 7.25. The molecule has 0 radical (unpaired) electrons. The van der Waals surface area contributed by atoms with Crippen molar-refractivity contribution in [3.05, 3.63) is 28.8 Å². The zero-order chi connectivity index (χ0) is 13.0. The van der Waals surface area contributed by atoms with Crippen LogP contribution in [0.3, 0.4) is 0 Å². The molecule has 0 amide bonds. The minimum atomic E-state index is 0.452. The van der Waals surface area contributed by atoms with Crippen LogP contribution in [-0.4, -0.2) is 26.8 Å². The van der Waals surface area contributed by atoms with Crippen molar-refractivity contribution in [2.24, 2.45) is 5.92 Å². The Morgan fingerprint density at radius 2 is 2.17 bits per heavy atom. The Labute approximate surface area is 119 Å². The maximum atomic E-state index is 6.14. The van der Waals surface area contributed by atoms with E-state index in [9.17, 15) is 0 Å². The number of ether oxygens (including phenoxy) is 1. The molecule has 2 rings (SSSR count). The summed E-state index contributed by atoms with van der Waals surface area (Å²) in [4.78, 5) is 2.15. The molecule has 0 atom stereocenters. The van der Waals surface area contributed by atoms with Crippen LogP contribution in [0.25, 0.3) is 0 Å². The van der Waals surface area contributed by atoms with E-state index in [0.717, 1.165) is 41.9 Å². The lowest BCUT2D eigenvalue weighted by Crippen LogP contribution is -2.22. The second-order valence-electron chi connectivity index (χ2n) is 4.85. The van der Waals surface area contributed by atoms with E-state index >= 15 is 0 Å². The molecular formula is C14H19Cl2NO. The van der Waals surface area contributed by atoms with Gasteiger partial charge < -0.3 is 9.64 Å². The van der Waals surface area contributed by atoms with Gasteiger partial charge in [-0.15, -0.1) is 11.6 Å². The number of alkyl halides is 1. The van der Waals surface area contributed by atoms with Crippen molar-refractivity contribution in [3.63, 3.8) is 0 Å². The maximum absolute atomic E-state index is 6.14. The van der Waals surface area contributed by atoms with Crippen LogP contribution < -0.4 is 4.90 Å². The molecular weight excluding hydrogens is 269 g/mol. The lowest BCUT2D eigenvalue weighted by molar-refractivity contribution is 0.131. The quantitative estimate of drug-likeness (QED) is 0.556. The number of benzene rings is 1. The van der Waals surface area contributed by atoms with E-state index in [1.165, 1.54) is 12.8 Å². The molecule has 1 fully saturated rings. The zero-order valence-electron chi connectivity index (χ0n) is 10.7. The van der Waals surface area contributed by atoms with Crippen molar-refractivity contribution in [2.45, 2.75) is 18.7 Å². The lowest BCUT2D eigenvalue weighted by atomic mass is 10.2. The highest BCUT2D eigenvalue weighted by molar-refractivity contribution is 6.32. The largest absolute Gasteiger partial charge is 0.379 e. The summed E-state index contributed by atoms with van der Waals surface area (Å²) in [6.45, 7) is 2.56. The van der Waals surface area contributed by atoms with Gasteiger partial charge in [0.05, 0.1) is 6.61 Å². The van der Waals surface area contributed by atoms with Gasteiger partial charge in [0.15, 0.2) is 0 Å². The fourth-order valence-electron chi connectivity index (χ4n) is 1.75. The van der Waals surface area contributed by atoms with E-state index in [1.807, 2.05) is 25.2 Å². The monoisotopic (exact) mass is 287 g/mol. The fraction of sp³-hybridized carbons (Fsp3) is 0.571. The Kier molecular flexibility index (Phi) is 5.16. The van der Waals surface area contributed by atoms with Crippen molar-refractivity contribution < 1.29 is 4.74 Å². The molecule has 0 spiro atoms. The summed E-state index contributed by atoms with van der Waals surface area (Å²) in [7, 11) is 2.05. The van der Waals surface area contributed by atoms with E-state index in [1.54, 1.807) is 0 Å². The van der Waals surface area contributed by atoms with Gasteiger partial charge in [-0.1, -0.05) is 17.7 Å². The predicted molar refractivity (Wildman–Crippen MR) is 77.8 cm³/mol. The van der Waals surface area contributed by atoms with E-state index in [4.69, 9.17) is 27.9 Å². The molecule has 1 saturated carbocycles. The summed E-state index contributed by atoms with van der Waals surface area (Å²) in [5.74, 6) is 1.28. The highest BCUT2D eigenvalue weighted by Crippen LogP contribution is 2.28. The molecule has 1 aliphatic rings. The Morgan fingerprint density at radius 3 is 2.78 bits per heavy atom. The van der Waals surface area contributed by atoms with Crippen molar-refractivity contribution >= 4 is 28.9 Å². The molecule has 0 unspecified atom stereocenters. The van der Waals surface area contributed by atoms with Crippen LogP contribution in [0.1, 0.15) is 18.4 Å². The Hall–Kier alpha value is -0.440. The molecule has 1 aromatic rings. The lowest BCUT2D eigenvalue weighted by Gasteiger charge is -2.20. The van der Waals surface area contributed by atoms with Crippen LogP contribution in [0.15, 0.2) is 18.2 Å². The van der Waals surface area contributed by atoms with Gasteiger partial charge in [0, 0.05) is 36.8 Å². The highest BCUT2D eigenvalue weighted by atomic mass is 35.5. The Morgan fingerprint density at radius 1 is 1.39 bits per heavy atom. The number of anilines is 1. The fourth-order valence-corrected chi connectivity index (χ4v) is 2.29. The number of hydrogen-bond acceptors (Lipinski definition) is 2. The van der Waals surface area contributed by atoms with Gasteiger partial charge in [0.2, 0.25) is 0 Å². The third kappa shape index (κ3) is 4.04. The van der Waals surface area contributed by atoms with Gasteiger partial charge in [-0.25, -0.2) is 0 Å². The molecule has 4 heteroatoms. The number of rotatable bonds is 7. The van der Waals surface area contributed by atoms with Gasteiger partial charge in [-0.3, -0.25) is 0 Å². The SMILES string of the molecule is CN(CCOCC1CC1)c1ccc(CCl)c(Cl)c1. The van der Waals surface area contributed by atoms with Crippen molar-refractivity contribution in [2.75, 3.05) is 31.7 Å². The summed E-state index contributed by atoms with van der Waals surface area (Å²) in [6, 6.07) is 5.98. The van der Waals surface area contributed by atoms with Crippen LogP contribution in [0.5, 0.6) is 0 Å². The van der Waals surface area contributed by atoms with Crippen LogP contribution in [-0.2, 0) is 10.6 Å². The van der Waals surface area contributed by atoms with Crippen molar-refractivity contribution in [1.82, 2.24) is 0 Å². The molecule has 1 aromatic carbocycles. The third-order valence-electron chi connectivity index (χ3n) is 3.24. The van der Waals surface area contributed by atoms with Crippen molar-refractivity contribution in [1.29, 1.82) is 0 Å². The van der Waals surface area contributed by atoms with E-state index in [0.29, 0.717) is 5.88 Å². The van der Waals surface area contributed by atoms with E-state index in [-0.39, 0.29) is 0 Å². The van der Waals surface area contributed by atoms with Crippen molar-refractivity contribution in [3.8, 4) is 0 Å². The van der Waals surface area contributed by atoms with Crippen LogP contribution in [0.4, 0.5) is 5.69 Å². The van der Waals surface area contributed by atoms with Gasteiger partial charge in [0.25, 0.3) is 0 Å². The molecule has 0 bridgehead atoms. The molecule has 0 heterocycles. The second-order valence-corrected chi connectivity index (χ2v) is 5.52. The normalized spacial score (nSPS) is 14.8. The number of likely N-dealkylation sites (N-methyl/N-ethyl adjacent to an activating group) is 1. The first-order chi connectivity index (χ1) is 8.70. The molecule has 0 N–H and O–H groups in total. The molecule has 2 nitrogen and oxygen atoms in total. The molecule has 0 aliphatic heterocycles. The summed E-state index contributed by atoms with van der Waals surface area (Å²) in [5.41, 5.74) is 2.07. The highest BCUT2D eigenvalue weighted by Gasteiger charge is 2.20. The molecule has 1 aliphatic carbocycles. The second kappa shape index (κ2) is 6.65. The average molecular weight is 288 g/mol. The van der Waals surface area contributed by atoms with Gasteiger partial charge in [-0.05, 0) is 36.5 Å². The van der Waals surface area contributed by atoms with Gasteiger partial charge in [0.1, 0.15) is 0 Å². The van der Waals surface area contributed by atoms with Crippen LogP contribution >= 0.6 is 23.2 Å². The standard InChI is InChI=1S/C14H19Cl2NO/c1-17(6-7-18-10-11-2-3-11)13-5-4-12(9-15)14(16)8-13/h4-5,8,11H,2-3,6-7,9-10H2,1H3. The molecule has 0 saturated heterocycles. The summed E-state index contributed by atoms with van der Waals surface area (Å²) in [5, 5.41) is 0.730. The first-order valence-electron chi connectivity index (χ1n) is 6.34. The zero-order valence-corrected chi connectivity index (χ0v) is 12.2. The number of nitrogens with zero attached hydrogens (tertiary/aromatic N) is 1. The molecule has 100 valence electrons. The summed E-state index contributed by atoms with van der Waals surface area (Å²) >= 11 is 11.9. The smallest absolute Gasteiger partial charge is 0.0641 e. The number of hydrogen-bond donors (Lipinski definition) is 0. The number of halogens is 2. The van der Waals surface area contributed by atoms with E-state index in [2.05, 4.69) is 4.90 Å².